The molecule has 0 bridgehead atoms. The summed E-state index contributed by atoms with van der Waals surface area (Å²) in [5.41, 5.74) is -0.141. The summed E-state index contributed by atoms with van der Waals surface area (Å²) in [5.74, 6) is -0.642. The molecule has 146 valence electrons. The van der Waals surface area contributed by atoms with E-state index in [9.17, 15) is 18.0 Å². The van der Waals surface area contributed by atoms with Crippen LogP contribution in [0, 0.1) is 11.3 Å². The molecule has 3 amide bonds. The molecule has 7 nitrogen and oxygen atoms in total. The molecule has 0 aromatic heterocycles. The Balaban J connectivity index is 1.53. The lowest BCUT2D eigenvalue weighted by atomic mass is 9.80. The summed E-state index contributed by atoms with van der Waals surface area (Å²) >= 11 is 0. The highest BCUT2D eigenvalue weighted by molar-refractivity contribution is 7.90. The van der Waals surface area contributed by atoms with Gasteiger partial charge in [0.1, 0.15) is 0 Å². The predicted molar refractivity (Wildman–Crippen MR) is 96.8 cm³/mol. The van der Waals surface area contributed by atoms with Gasteiger partial charge in [-0.1, -0.05) is 6.92 Å². The third-order valence-corrected chi connectivity index (χ3v) is 8.91. The van der Waals surface area contributed by atoms with Gasteiger partial charge in [-0.05, 0) is 57.3 Å². The maximum absolute atomic E-state index is 12.8. The Hall–Kier alpha value is -1.15. The monoisotopic (exact) mass is 383 g/mol. The maximum Gasteiger partial charge on any atom is 0.326 e. The number of carbonyl (C=O) groups excluding carboxylic acids is 2. The molecule has 3 unspecified atom stereocenters. The second-order valence-electron chi connectivity index (χ2n) is 9.44. The summed E-state index contributed by atoms with van der Waals surface area (Å²) in [6.07, 6.45) is 5.33. The van der Waals surface area contributed by atoms with Crippen LogP contribution in [0.3, 0.4) is 0 Å². The van der Waals surface area contributed by atoms with E-state index >= 15 is 0 Å². The van der Waals surface area contributed by atoms with Crippen LogP contribution < -0.4 is 4.72 Å². The Morgan fingerprint density at radius 3 is 2.35 bits per heavy atom. The van der Waals surface area contributed by atoms with Crippen molar-refractivity contribution >= 4 is 22.0 Å². The Bertz CT molecular complexity index is 742. The number of urea groups is 1. The molecule has 4 fully saturated rings. The Labute approximate surface area is 155 Å². The van der Waals surface area contributed by atoms with Crippen LogP contribution in [0.25, 0.3) is 0 Å². The lowest BCUT2D eigenvalue weighted by Crippen LogP contribution is -2.63. The average Bonchev–Trinajstić information content (AvgIpc) is 3.49. The number of fused-ring (bicyclic) bond motifs is 1. The third-order valence-electron chi connectivity index (χ3n) is 6.83. The molecule has 0 spiro atoms. The van der Waals surface area contributed by atoms with Gasteiger partial charge in [-0.2, -0.15) is 0 Å². The molecule has 4 aliphatic rings. The van der Waals surface area contributed by atoms with Gasteiger partial charge in [0.2, 0.25) is 15.9 Å². The highest BCUT2D eigenvalue weighted by Gasteiger charge is 2.53. The van der Waals surface area contributed by atoms with Crippen LogP contribution in [-0.2, 0) is 14.8 Å². The lowest BCUT2D eigenvalue weighted by Gasteiger charge is -2.48. The number of sulfonamides is 1. The molecule has 0 aromatic rings. The molecule has 1 aliphatic heterocycles. The second kappa shape index (κ2) is 5.67. The summed E-state index contributed by atoms with van der Waals surface area (Å²) in [6, 6.07) is -0.388. The maximum atomic E-state index is 12.8. The van der Waals surface area contributed by atoms with Crippen molar-refractivity contribution in [3.8, 4) is 0 Å². The normalized spacial score (nSPS) is 35.3. The van der Waals surface area contributed by atoms with Crippen molar-refractivity contribution in [1.82, 2.24) is 14.5 Å². The molecule has 3 atom stereocenters. The second-order valence-corrected chi connectivity index (χ2v) is 11.4. The first kappa shape index (κ1) is 18.2. The quantitative estimate of drug-likeness (QED) is 0.783. The fourth-order valence-electron chi connectivity index (χ4n) is 4.40. The fraction of sp³-hybridized carbons (Fsp3) is 0.889. The van der Waals surface area contributed by atoms with Crippen molar-refractivity contribution in [2.75, 3.05) is 13.6 Å². The Morgan fingerprint density at radius 1 is 1.12 bits per heavy atom. The number of hydrogen-bond donors (Lipinski definition) is 1. The smallest absolute Gasteiger partial charge is 0.320 e. The molecule has 1 saturated heterocycles. The lowest BCUT2D eigenvalue weighted by molar-refractivity contribution is -0.139. The van der Waals surface area contributed by atoms with E-state index in [2.05, 4.69) is 11.6 Å². The molecular formula is C18H29N3O4S. The summed E-state index contributed by atoms with van der Waals surface area (Å²) < 4.78 is 28.4. The van der Waals surface area contributed by atoms with Gasteiger partial charge in [0.25, 0.3) is 0 Å². The number of nitrogens with zero attached hydrogens (tertiary/aromatic N) is 2. The van der Waals surface area contributed by atoms with E-state index in [1.54, 1.807) is 0 Å². The molecular weight excluding hydrogens is 354 g/mol. The van der Waals surface area contributed by atoms with Crippen LogP contribution in [0.15, 0.2) is 0 Å². The highest BCUT2D eigenvalue weighted by Crippen LogP contribution is 2.48. The van der Waals surface area contributed by atoms with Gasteiger partial charge < -0.3 is 4.90 Å². The molecule has 3 aliphatic carbocycles. The van der Waals surface area contributed by atoms with Crippen LogP contribution in [0.2, 0.25) is 0 Å². The molecule has 0 aromatic carbocycles. The van der Waals surface area contributed by atoms with Crippen molar-refractivity contribution in [2.45, 2.75) is 75.6 Å². The SMILES string of the molecule is CN1C(=O)C2CC(S(=O)(=O)NC3(C)CC3)CCC2N(CC2(C)CC2)C1=O. The van der Waals surface area contributed by atoms with Crippen molar-refractivity contribution < 1.29 is 18.0 Å². The van der Waals surface area contributed by atoms with Gasteiger partial charge >= 0.3 is 6.03 Å². The number of imide groups is 1. The zero-order valence-corrected chi connectivity index (χ0v) is 16.6. The van der Waals surface area contributed by atoms with Crippen molar-refractivity contribution in [3.05, 3.63) is 0 Å². The number of amides is 3. The molecule has 1 N–H and O–H groups in total. The molecule has 26 heavy (non-hydrogen) atoms. The van der Waals surface area contributed by atoms with E-state index in [0.717, 1.165) is 25.7 Å². The van der Waals surface area contributed by atoms with Gasteiger partial charge in [-0.15, -0.1) is 0 Å². The molecule has 0 radical (unpaired) electrons. The first-order chi connectivity index (χ1) is 12.0. The van der Waals surface area contributed by atoms with Gasteiger partial charge in [0.05, 0.1) is 11.2 Å². The van der Waals surface area contributed by atoms with Crippen LogP contribution in [-0.4, -0.2) is 60.6 Å². The van der Waals surface area contributed by atoms with Crippen LogP contribution in [0.5, 0.6) is 0 Å². The molecule has 1 heterocycles. The van der Waals surface area contributed by atoms with Crippen LogP contribution in [0.4, 0.5) is 4.79 Å². The van der Waals surface area contributed by atoms with Crippen molar-refractivity contribution in [3.63, 3.8) is 0 Å². The topological polar surface area (TPSA) is 86.8 Å². The van der Waals surface area contributed by atoms with Gasteiger partial charge in [-0.25, -0.2) is 17.9 Å². The van der Waals surface area contributed by atoms with E-state index < -0.39 is 21.2 Å². The number of carbonyl (C=O) groups is 2. The van der Waals surface area contributed by atoms with E-state index in [4.69, 9.17) is 0 Å². The third kappa shape index (κ3) is 3.15. The zero-order valence-electron chi connectivity index (χ0n) is 15.8. The minimum atomic E-state index is -3.45. The molecule has 8 heteroatoms. The number of rotatable bonds is 5. The number of nitrogens with one attached hydrogen (secondary N) is 1. The molecule has 4 rings (SSSR count). The van der Waals surface area contributed by atoms with E-state index in [1.165, 1.54) is 11.9 Å². The van der Waals surface area contributed by atoms with E-state index in [0.29, 0.717) is 25.8 Å². The summed E-state index contributed by atoms with van der Waals surface area (Å²) in [7, 11) is -1.93. The largest absolute Gasteiger partial charge is 0.326 e. The first-order valence-electron chi connectivity index (χ1n) is 9.65. The molecule has 3 saturated carbocycles. The highest BCUT2D eigenvalue weighted by atomic mass is 32.2. The average molecular weight is 384 g/mol. The van der Waals surface area contributed by atoms with Gasteiger partial charge in [0, 0.05) is 25.2 Å². The summed E-state index contributed by atoms with van der Waals surface area (Å²) in [5, 5.41) is -0.551. The standard InChI is InChI=1S/C18H29N3O4S/c1-17(6-7-17)11-21-14-5-4-12(26(24,25)19-18(2)8-9-18)10-13(14)15(22)20(3)16(21)23/h12-14,19H,4-11H2,1-3H3. The zero-order chi connectivity index (χ0) is 18.9. The van der Waals surface area contributed by atoms with E-state index in [1.807, 2.05) is 11.8 Å². The van der Waals surface area contributed by atoms with Crippen LogP contribution >= 0.6 is 0 Å². The summed E-state index contributed by atoms with van der Waals surface area (Å²) in [6.45, 7) is 4.76. The van der Waals surface area contributed by atoms with Crippen molar-refractivity contribution in [2.24, 2.45) is 11.3 Å². The minimum Gasteiger partial charge on any atom is -0.320 e. The fourth-order valence-corrected chi connectivity index (χ4v) is 6.36. The first-order valence-corrected chi connectivity index (χ1v) is 11.2. The summed E-state index contributed by atoms with van der Waals surface area (Å²) in [4.78, 5) is 28.4. The van der Waals surface area contributed by atoms with Crippen LogP contribution in [0.1, 0.15) is 58.8 Å². The van der Waals surface area contributed by atoms with Gasteiger partial charge in [0.15, 0.2) is 0 Å². The Morgan fingerprint density at radius 2 is 1.77 bits per heavy atom. The van der Waals surface area contributed by atoms with Gasteiger partial charge in [-0.3, -0.25) is 9.69 Å². The number of hydrogen-bond acceptors (Lipinski definition) is 4. The Kier molecular flexibility index (Phi) is 3.98. The minimum absolute atomic E-state index is 0.159. The van der Waals surface area contributed by atoms with Crippen molar-refractivity contribution in [1.29, 1.82) is 0 Å². The predicted octanol–water partition coefficient (Wildman–Crippen LogP) is 1.69. The van der Waals surface area contributed by atoms with E-state index in [-0.39, 0.29) is 28.9 Å².